The van der Waals surface area contributed by atoms with E-state index in [0.717, 1.165) is 0 Å². The lowest BCUT2D eigenvalue weighted by Crippen LogP contribution is -2.36. The molecule has 0 aliphatic carbocycles. The van der Waals surface area contributed by atoms with Crippen molar-refractivity contribution in [3.8, 4) is 17.2 Å². The fourth-order valence-corrected chi connectivity index (χ4v) is 3.28. The highest BCUT2D eigenvalue weighted by Gasteiger charge is 2.28. The van der Waals surface area contributed by atoms with Crippen LogP contribution in [-0.2, 0) is 4.79 Å². The predicted molar refractivity (Wildman–Crippen MR) is 106 cm³/mol. The molecule has 3 rings (SSSR count). The van der Waals surface area contributed by atoms with Gasteiger partial charge >= 0.3 is 0 Å². The number of likely N-dealkylation sites (tertiary alicyclic amines) is 1. The molecule has 0 spiro atoms. The van der Waals surface area contributed by atoms with Crippen LogP contribution >= 0.6 is 11.6 Å². The molecule has 28 heavy (non-hydrogen) atoms. The first-order valence-corrected chi connectivity index (χ1v) is 9.58. The number of para-hydroxylation sites is 1. The summed E-state index contributed by atoms with van der Waals surface area (Å²) in [5.41, 5.74) is 0. The molecule has 6 nitrogen and oxygen atoms in total. The summed E-state index contributed by atoms with van der Waals surface area (Å²) in [4.78, 5) is 14.2. The van der Waals surface area contributed by atoms with Gasteiger partial charge in [-0.2, -0.15) is 0 Å². The Morgan fingerprint density at radius 1 is 1.14 bits per heavy atom. The molecule has 1 amide bonds. The quantitative estimate of drug-likeness (QED) is 0.799. The Bertz CT molecular complexity index is 800. The first-order valence-electron chi connectivity index (χ1n) is 9.20. The van der Waals surface area contributed by atoms with Gasteiger partial charge < -0.3 is 24.2 Å². The van der Waals surface area contributed by atoms with Crippen LogP contribution in [0.3, 0.4) is 0 Å². The number of methoxy groups -OCH3 is 1. The molecule has 0 unspecified atom stereocenters. The molecule has 2 aromatic carbocycles. The topological polar surface area (TPSA) is 68.2 Å². The second-order valence-electron chi connectivity index (χ2n) is 6.58. The minimum absolute atomic E-state index is 0.0960. The smallest absolute Gasteiger partial charge is 0.260 e. The van der Waals surface area contributed by atoms with Crippen LogP contribution in [-0.4, -0.2) is 54.9 Å². The number of hydrogen-bond acceptors (Lipinski definition) is 5. The fourth-order valence-electron chi connectivity index (χ4n) is 3.09. The average molecular weight is 406 g/mol. The van der Waals surface area contributed by atoms with Crippen molar-refractivity contribution in [1.29, 1.82) is 0 Å². The van der Waals surface area contributed by atoms with Crippen molar-refractivity contribution in [2.45, 2.75) is 25.0 Å². The third-order valence-corrected chi connectivity index (χ3v) is 4.99. The number of nitrogens with zero attached hydrogens (tertiary/aromatic N) is 1. The molecule has 1 aliphatic heterocycles. The number of hydrogen-bond donors (Lipinski definition) is 1. The lowest BCUT2D eigenvalue weighted by atomic mass is 10.1. The zero-order chi connectivity index (χ0) is 19.9. The van der Waals surface area contributed by atoms with E-state index in [2.05, 4.69) is 0 Å². The Kier molecular flexibility index (Phi) is 7.01. The molecular weight excluding hydrogens is 382 g/mol. The van der Waals surface area contributed by atoms with Gasteiger partial charge in [-0.25, -0.2) is 0 Å². The van der Waals surface area contributed by atoms with Gasteiger partial charge in [-0.1, -0.05) is 29.8 Å². The SMILES string of the molecule is COc1cccc(O[C@H]2CCN(C(=O)COc3ccccc3Cl)CC[C@@H]2O)c1. The van der Waals surface area contributed by atoms with Crippen molar-refractivity contribution < 1.29 is 24.1 Å². The maximum absolute atomic E-state index is 12.5. The molecule has 7 heteroatoms. The number of ether oxygens (including phenoxy) is 3. The van der Waals surface area contributed by atoms with Gasteiger partial charge in [0.1, 0.15) is 23.4 Å². The summed E-state index contributed by atoms with van der Waals surface area (Å²) in [5, 5.41) is 10.9. The maximum Gasteiger partial charge on any atom is 0.260 e. The van der Waals surface area contributed by atoms with Crippen LogP contribution < -0.4 is 14.2 Å². The molecule has 0 bridgehead atoms. The van der Waals surface area contributed by atoms with Gasteiger partial charge in [0, 0.05) is 25.6 Å². The molecule has 2 atom stereocenters. The summed E-state index contributed by atoms with van der Waals surface area (Å²) in [7, 11) is 1.59. The van der Waals surface area contributed by atoms with Gasteiger partial charge in [-0.05, 0) is 30.7 Å². The van der Waals surface area contributed by atoms with Crippen molar-refractivity contribution in [2.75, 3.05) is 26.8 Å². The van der Waals surface area contributed by atoms with E-state index in [0.29, 0.717) is 48.2 Å². The highest BCUT2D eigenvalue weighted by Crippen LogP contribution is 2.25. The van der Waals surface area contributed by atoms with E-state index in [9.17, 15) is 9.90 Å². The Morgan fingerprint density at radius 2 is 1.89 bits per heavy atom. The number of carbonyl (C=O) groups is 1. The van der Waals surface area contributed by atoms with Crippen molar-refractivity contribution in [1.82, 2.24) is 4.90 Å². The average Bonchev–Trinajstić information content (AvgIpc) is 2.89. The highest BCUT2D eigenvalue weighted by atomic mass is 35.5. The van der Waals surface area contributed by atoms with E-state index in [1.54, 1.807) is 42.3 Å². The zero-order valence-corrected chi connectivity index (χ0v) is 16.5. The number of benzene rings is 2. The number of amides is 1. The molecule has 1 saturated heterocycles. The largest absolute Gasteiger partial charge is 0.497 e. The van der Waals surface area contributed by atoms with Crippen molar-refractivity contribution >= 4 is 17.5 Å². The molecule has 1 heterocycles. The summed E-state index contributed by atoms with van der Waals surface area (Å²) in [6, 6.07) is 14.3. The molecule has 1 N–H and O–H groups in total. The lowest BCUT2D eigenvalue weighted by Gasteiger charge is -2.22. The Morgan fingerprint density at radius 3 is 2.68 bits per heavy atom. The Labute approximate surface area is 169 Å². The molecule has 0 radical (unpaired) electrons. The van der Waals surface area contributed by atoms with Crippen molar-refractivity contribution in [3.63, 3.8) is 0 Å². The monoisotopic (exact) mass is 405 g/mol. The number of halogens is 1. The predicted octanol–water partition coefficient (Wildman–Crippen LogP) is 3.16. The van der Waals surface area contributed by atoms with Crippen LogP contribution in [0.15, 0.2) is 48.5 Å². The number of carbonyl (C=O) groups excluding carboxylic acids is 1. The van der Waals surface area contributed by atoms with Gasteiger partial charge in [-0.3, -0.25) is 4.79 Å². The minimum atomic E-state index is -0.659. The van der Waals surface area contributed by atoms with Crippen LogP contribution in [0.5, 0.6) is 17.2 Å². The summed E-state index contributed by atoms with van der Waals surface area (Å²) in [6.07, 6.45) is -0.0919. The first kappa shape index (κ1) is 20.3. The minimum Gasteiger partial charge on any atom is -0.497 e. The van der Waals surface area contributed by atoms with Crippen LogP contribution in [0.25, 0.3) is 0 Å². The van der Waals surface area contributed by atoms with Crippen LogP contribution in [0.4, 0.5) is 0 Å². The molecule has 1 aliphatic rings. The third-order valence-electron chi connectivity index (χ3n) is 4.68. The van der Waals surface area contributed by atoms with Gasteiger partial charge in [-0.15, -0.1) is 0 Å². The number of aliphatic hydroxyl groups is 1. The maximum atomic E-state index is 12.5. The van der Waals surface area contributed by atoms with Crippen LogP contribution in [0.2, 0.25) is 5.02 Å². The van der Waals surface area contributed by atoms with Gasteiger partial charge in [0.15, 0.2) is 6.61 Å². The molecule has 150 valence electrons. The van der Waals surface area contributed by atoms with Gasteiger partial charge in [0.25, 0.3) is 5.91 Å². The lowest BCUT2D eigenvalue weighted by molar-refractivity contribution is -0.133. The fraction of sp³-hybridized carbons (Fsp3) is 0.381. The molecule has 1 fully saturated rings. The van der Waals surface area contributed by atoms with E-state index in [1.165, 1.54) is 0 Å². The summed E-state index contributed by atoms with van der Waals surface area (Å²) in [5.74, 6) is 1.65. The van der Waals surface area contributed by atoms with Gasteiger partial charge in [0.2, 0.25) is 0 Å². The summed E-state index contributed by atoms with van der Waals surface area (Å²) < 4.78 is 16.7. The summed E-state index contributed by atoms with van der Waals surface area (Å²) >= 11 is 6.05. The molecule has 0 saturated carbocycles. The van der Waals surface area contributed by atoms with E-state index in [1.807, 2.05) is 18.2 Å². The Hall–Kier alpha value is -2.44. The van der Waals surface area contributed by atoms with E-state index in [4.69, 9.17) is 25.8 Å². The number of rotatable bonds is 6. The normalized spacial score (nSPS) is 19.6. The second kappa shape index (κ2) is 9.66. The summed E-state index contributed by atoms with van der Waals surface area (Å²) in [6.45, 7) is 0.835. The van der Waals surface area contributed by atoms with Crippen molar-refractivity contribution in [3.05, 3.63) is 53.6 Å². The second-order valence-corrected chi connectivity index (χ2v) is 6.99. The molecule has 2 aromatic rings. The first-order chi connectivity index (χ1) is 13.6. The van der Waals surface area contributed by atoms with E-state index >= 15 is 0 Å². The van der Waals surface area contributed by atoms with E-state index in [-0.39, 0.29) is 12.5 Å². The van der Waals surface area contributed by atoms with E-state index < -0.39 is 12.2 Å². The third kappa shape index (κ3) is 5.30. The molecular formula is C21H24ClNO5. The van der Waals surface area contributed by atoms with Crippen LogP contribution in [0, 0.1) is 0 Å². The number of aliphatic hydroxyl groups excluding tert-OH is 1. The Balaban J connectivity index is 1.55. The highest BCUT2D eigenvalue weighted by molar-refractivity contribution is 6.32. The van der Waals surface area contributed by atoms with Crippen LogP contribution in [0.1, 0.15) is 12.8 Å². The zero-order valence-electron chi connectivity index (χ0n) is 15.7. The standard InChI is InChI=1S/C21H24ClNO5/c1-26-15-5-4-6-16(13-15)28-20-10-12-23(11-9-18(20)24)21(25)14-27-19-8-3-2-7-17(19)22/h2-8,13,18,20,24H,9-12,14H2,1H3/t18-,20-/m0/s1. The van der Waals surface area contributed by atoms with Crippen molar-refractivity contribution in [2.24, 2.45) is 0 Å². The van der Waals surface area contributed by atoms with Gasteiger partial charge in [0.05, 0.1) is 18.2 Å². The molecule has 0 aromatic heterocycles.